The molecule has 26 heavy (non-hydrogen) atoms. The largest absolute Gasteiger partial charge is 0.308 e. The summed E-state index contributed by atoms with van der Waals surface area (Å²) < 4.78 is 14.8. The van der Waals surface area contributed by atoms with Gasteiger partial charge in [-0.15, -0.1) is 0 Å². The van der Waals surface area contributed by atoms with Crippen LogP contribution in [0, 0.1) is 5.82 Å². The number of benzene rings is 2. The topological polar surface area (TPSA) is 42.3 Å². The fourth-order valence-corrected chi connectivity index (χ4v) is 4.55. The molecule has 1 aromatic heterocycles. The van der Waals surface area contributed by atoms with Gasteiger partial charge in [-0.25, -0.2) is 4.39 Å². The normalized spacial score (nSPS) is 16.7. The zero-order valence-electron chi connectivity index (χ0n) is 13.8. The number of hydrogen-bond acceptors (Lipinski definition) is 3. The Morgan fingerprint density at radius 1 is 1.15 bits per heavy atom. The van der Waals surface area contributed by atoms with Crippen molar-refractivity contribution in [3.8, 4) is 0 Å². The summed E-state index contributed by atoms with van der Waals surface area (Å²) in [6.45, 7) is 0. The summed E-state index contributed by atoms with van der Waals surface area (Å²) in [5.74, 6) is -0.194. The second kappa shape index (κ2) is 6.37. The molecular weight excluding hydrogens is 375 g/mol. The van der Waals surface area contributed by atoms with E-state index in [-0.39, 0.29) is 28.9 Å². The van der Waals surface area contributed by atoms with Crippen LogP contribution in [0.15, 0.2) is 53.3 Å². The van der Waals surface area contributed by atoms with Crippen molar-refractivity contribution >= 4 is 40.4 Å². The van der Waals surface area contributed by atoms with Crippen molar-refractivity contribution in [3.63, 3.8) is 0 Å². The van der Waals surface area contributed by atoms with E-state index in [2.05, 4.69) is 0 Å². The van der Waals surface area contributed by atoms with Crippen molar-refractivity contribution < 1.29 is 9.18 Å². The van der Waals surface area contributed by atoms with Crippen molar-refractivity contribution in [2.24, 2.45) is 7.05 Å². The number of rotatable bonds is 2. The molecule has 1 aliphatic heterocycles. The van der Waals surface area contributed by atoms with Crippen LogP contribution in [0.3, 0.4) is 0 Å². The lowest BCUT2D eigenvalue weighted by molar-refractivity contribution is -0.118. The summed E-state index contributed by atoms with van der Waals surface area (Å²) in [5, 5.41) is 0.512. The van der Waals surface area contributed by atoms with Gasteiger partial charge in [0.2, 0.25) is 5.91 Å². The zero-order valence-corrected chi connectivity index (χ0v) is 15.4. The molecule has 1 amide bonds. The van der Waals surface area contributed by atoms with E-state index in [1.165, 1.54) is 16.7 Å². The van der Waals surface area contributed by atoms with E-state index >= 15 is 0 Å². The van der Waals surface area contributed by atoms with Gasteiger partial charge < -0.3 is 0 Å². The molecule has 0 fully saturated rings. The summed E-state index contributed by atoms with van der Waals surface area (Å²) in [7, 11) is 1.65. The number of carbonyl (C=O) groups excluding carboxylic acids is 1. The Kier molecular flexibility index (Phi) is 4.17. The van der Waals surface area contributed by atoms with Crippen LogP contribution in [0.4, 0.5) is 15.9 Å². The van der Waals surface area contributed by atoms with E-state index in [4.69, 9.17) is 11.6 Å². The third-order valence-electron chi connectivity index (χ3n) is 4.50. The molecule has 7 heteroatoms. The molecule has 4 rings (SSSR count). The molecule has 0 saturated heterocycles. The molecule has 0 saturated carbocycles. The van der Waals surface area contributed by atoms with Crippen molar-refractivity contribution in [1.29, 1.82) is 0 Å². The highest BCUT2D eigenvalue weighted by Gasteiger charge is 2.37. The van der Waals surface area contributed by atoms with Gasteiger partial charge in [-0.1, -0.05) is 41.1 Å². The van der Waals surface area contributed by atoms with E-state index in [0.29, 0.717) is 16.5 Å². The number of anilines is 2. The Morgan fingerprint density at radius 3 is 2.58 bits per heavy atom. The molecule has 1 aliphatic rings. The maximum Gasteiger partial charge on any atom is 0.308 e. The van der Waals surface area contributed by atoms with Gasteiger partial charge in [-0.05, 0) is 35.9 Å². The quantitative estimate of drug-likeness (QED) is 0.651. The number of aromatic nitrogens is 1. The standard InChI is InChI=1S/C19H14ClFN2O2S/c1-22-18-17(26-19(22)25)15(11-5-7-13(21)8-6-11)10-16(24)23(18)14-4-2-3-12(20)9-14/h2-9,15H,10H2,1H3/t15-/m0/s1. The predicted molar refractivity (Wildman–Crippen MR) is 101 cm³/mol. The van der Waals surface area contributed by atoms with Crippen LogP contribution in [0.2, 0.25) is 5.02 Å². The Labute approximate surface area is 158 Å². The fraction of sp³-hybridized carbons (Fsp3) is 0.158. The molecule has 1 atom stereocenters. The molecule has 3 aromatic rings. The Hall–Kier alpha value is -2.44. The van der Waals surface area contributed by atoms with Gasteiger partial charge in [0.15, 0.2) is 0 Å². The van der Waals surface area contributed by atoms with Gasteiger partial charge in [0.25, 0.3) is 0 Å². The highest BCUT2D eigenvalue weighted by Crippen LogP contribution is 2.44. The Morgan fingerprint density at radius 2 is 1.88 bits per heavy atom. The monoisotopic (exact) mass is 388 g/mol. The average molecular weight is 389 g/mol. The number of thiazole rings is 1. The van der Waals surface area contributed by atoms with Crippen LogP contribution in [0.25, 0.3) is 0 Å². The number of hydrogen-bond donors (Lipinski definition) is 0. The smallest absolute Gasteiger partial charge is 0.288 e. The Bertz CT molecular complexity index is 1060. The predicted octanol–water partition coefficient (Wildman–Crippen LogP) is 4.44. The summed E-state index contributed by atoms with van der Waals surface area (Å²) >= 11 is 7.20. The summed E-state index contributed by atoms with van der Waals surface area (Å²) in [5.41, 5.74) is 1.43. The summed E-state index contributed by atoms with van der Waals surface area (Å²) in [6, 6.07) is 13.0. The van der Waals surface area contributed by atoms with Gasteiger partial charge in [-0.2, -0.15) is 0 Å². The summed E-state index contributed by atoms with van der Waals surface area (Å²) in [6.07, 6.45) is 0.200. The number of carbonyl (C=O) groups is 1. The lowest BCUT2D eigenvalue weighted by atomic mass is 9.90. The van der Waals surface area contributed by atoms with E-state index in [1.807, 2.05) is 0 Å². The first-order valence-electron chi connectivity index (χ1n) is 7.99. The number of halogens is 2. The zero-order chi connectivity index (χ0) is 18.4. The lowest BCUT2D eigenvalue weighted by Gasteiger charge is -2.32. The van der Waals surface area contributed by atoms with Gasteiger partial charge in [-0.3, -0.25) is 19.1 Å². The third-order valence-corrected chi connectivity index (χ3v) is 5.88. The minimum absolute atomic E-state index is 0.137. The third kappa shape index (κ3) is 2.75. The second-order valence-electron chi connectivity index (χ2n) is 6.13. The maximum atomic E-state index is 13.3. The molecular formula is C19H14ClFN2O2S. The fourth-order valence-electron chi connectivity index (χ4n) is 3.27. The first-order valence-corrected chi connectivity index (χ1v) is 9.19. The molecule has 0 N–H and O–H groups in total. The van der Waals surface area contributed by atoms with Crippen molar-refractivity contribution in [3.05, 3.63) is 79.5 Å². The SMILES string of the molecule is Cn1c2c(sc1=O)[C@H](c1ccc(F)cc1)CC(=O)N2c1cccc(Cl)c1. The number of fused-ring (bicyclic) bond motifs is 1. The van der Waals surface area contributed by atoms with E-state index < -0.39 is 0 Å². The average Bonchev–Trinajstić information content (AvgIpc) is 2.90. The maximum absolute atomic E-state index is 13.3. The molecule has 0 bridgehead atoms. The number of nitrogens with zero attached hydrogens (tertiary/aromatic N) is 2. The van der Waals surface area contributed by atoms with Crippen LogP contribution in [-0.4, -0.2) is 10.5 Å². The van der Waals surface area contributed by atoms with Crippen LogP contribution >= 0.6 is 22.9 Å². The molecule has 0 radical (unpaired) electrons. The highest BCUT2D eigenvalue weighted by atomic mass is 35.5. The van der Waals surface area contributed by atoms with Crippen molar-refractivity contribution in [2.75, 3.05) is 4.90 Å². The first kappa shape index (κ1) is 17.0. The molecule has 0 aliphatic carbocycles. The van der Waals surface area contributed by atoms with Crippen LogP contribution < -0.4 is 9.77 Å². The van der Waals surface area contributed by atoms with Gasteiger partial charge >= 0.3 is 4.87 Å². The second-order valence-corrected chi connectivity index (χ2v) is 7.56. The van der Waals surface area contributed by atoms with Gasteiger partial charge in [0, 0.05) is 24.4 Å². The van der Waals surface area contributed by atoms with Crippen LogP contribution in [0.5, 0.6) is 0 Å². The van der Waals surface area contributed by atoms with Crippen LogP contribution in [0.1, 0.15) is 22.8 Å². The highest BCUT2D eigenvalue weighted by molar-refractivity contribution is 7.10. The van der Waals surface area contributed by atoms with Crippen LogP contribution in [-0.2, 0) is 11.8 Å². The molecule has 0 spiro atoms. The minimum Gasteiger partial charge on any atom is -0.288 e. The number of amides is 1. The molecule has 4 nitrogen and oxygen atoms in total. The Balaban J connectivity index is 1.90. The lowest BCUT2D eigenvalue weighted by Crippen LogP contribution is -2.34. The minimum atomic E-state index is -0.335. The van der Waals surface area contributed by atoms with Crippen molar-refractivity contribution in [2.45, 2.75) is 12.3 Å². The molecule has 2 heterocycles. The van der Waals surface area contributed by atoms with E-state index in [1.54, 1.807) is 48.3 Å². The first-order chi connectivity index (χ1) is 12.5. The molecule has 0 unspecified atom stereocenters. The van der Waals surface area contributed by atoms with Crippen molar-refractivity contribution in [1.82, 2.24) is 4.57 Å². The van der Waals surface area contributed by atoms with Gasteiger partial charge in [0.05, 0.1) is 10.6 Å². The summed E-state index contributed by atoms with van der Waals surface area (Å²) in [4.78, 5) is 27.5. The van der Waals surface area contributed by atoms with E-state index in [9.17, 15) is 14.0 Å². The molecule has 132 valence electrons. The van der Waals surface area contributed by atoms with E-state index in [0.717, 1.165) is 21.8 Å². The van der Waals surface area contributed by atoms with Gasteiger partial charge in [0.1, 0.15) is 11.6 Å². The molecule has 2 aromatic carbocycles.